The van der Waals surface area contributed by atoms with Crippen LogP contribution in [-0.4, -0.2) is 37.0 Å². The predicted octanol–water partition coefficient (Wildman–Crippen LogP) is 1.61. The van der Waals surface area contributed by atoms with Crippen molar-refractivity contribution in [2.75, 3.05) is 26.2 Å². The van der Waals surface area contributed by atoms with E-state index in [0.29, 0.717) is 19.6 Å². The maximum Gasteiger partial charge on any atom is 0.234 e. The lowest BCUT2D eigenvalue weighted by Crippen LogP contribution is -2.43. The van der Waals surface area contributed by atoms with Crippen LogP contribution in [0.3, 0.4) is 0 Å². The molecule has 0 unspecified atom stereocenters. The van der Waals surface area contributed by atoms with Gasteiger partial charge < -0.3 is 11.1 Å². The number of carbonyl (C=O) groups excluding carboxylic acids is 1. The Kier molecular flexibility index (Phi) is 6.68. The molecule has 0 aliphatic carbocycles. The summed E-state index contributed by atoms with van der Waals surface area (Å²) in [7, 11) is 0. The van der Waals surface area contributed by atoms with Crippen LogP contribution in [0.4, 0.5) is 0 Å². The summed E-state index contributed by atoms with van der Waals surface area (Å²) in [5.41, 5.74) is 6.90. The summed E-state index contributed by atoms with van der Waals surface area (Å²) in [5.74, 6) is 0.0588. The van der Waals surface area contributed by atoms with Crippen molar-refractivity contribution in [2.45, 2.75) is 27.3 Å². The van der Waals surface area contributed by atoms with Crippen LogP contribution in [0.15, 0.2) is 30.3 Å². The minimum absolute atomic E-state index is 0.0374. The van der Waals surface area contributed by atoms with E-state index in [2.05, 4.69) is 31.0 Å². The number of nitrogens with one attached hydrogen (secondary N) is 1. The molecule has 4 nitrogen and oxygen atoms in total. The first kappa shape index (κ1) is 16.7. The minimum atomic E-state index is 0.0374. The molecule has 0 atom stereocenters. The van der Waals surface area contributed by atoms with Crippen molar-refractivity contribution in [3.63, 3.8) is 0 Å². The summed E-state index contributed by atoms with van der Waals surface area (Å²) in [6.07, 6.45) is 0. The van der Waals surface area contributed by atoms with Crippen LogP contribution < -0.4 is 11.1 Å². The molecule has 1 aromatic rings. The molecule has 0 radical (unpaired) electrons. The van der Waals surface area contributed by atoms with Crippen molar-refractivity contribution in [3.05, 3.63) is 35.9 Å². The van der Waals surface area contributed by atoms with Gasteiger partial charge in [-0.15, -0.1) is 0 Å². The van der Waals surface area contributed by atoms with Gasteiger partial charge in [0, 0.05) is 13.1 Å². The van der Waals surface area contributed by atoms with Crippen LogP contribution in [0.1, 0.15) is 26.3 Å². The molecule has 0 spiro atoms. The number of nitrogens with zero attached hydrogens (tertiary/aromatic N) is 1. The molecule has 20 heavy (non-hydrogen) atoms. The Bertz CT molecular complexity index is 403. The van der Waals surface area contributed by atoms with Crippen molar-refractivity contribution in [1.29, 1.82) is 0 Å². The zero-order valence-corrected chi connectivity index (χ0v) is 12.9. The van der Waals surface area contributed by atoms with E-state index < -0.39 is 0 Å². The van der Waals surface area contributed by atoms with Gasteiger partial charge in [-0.25, -0.2) is 0 Å². The molecule has 0 aromatic heterocycles. The van der Waals surface area contributed by atoms with E-state index >= 15 is 0 Å². The average molecular weight is 277 g/mol. The van der Waals surface area contributed by atoms with E-state index in [4.69, 9.17) is 5.73 Å². The highest BCUT2D eigenvalue weighted by Gasteiger charge is 2.20. The van der Waals surface area contributed by atoms with Gasteiger partial charge in [0.25, 0.3) is 0 Å². The van der Waals surface area contributed by atoms with Crippen LogP contribution >= 0.6 is 0 Å². The van der Waals surface area contributed by atoms with Gasteiger partial charge in [-0.3, -0.25) is 9.69 Å². The first-order valence-electron chi connectivity index (χ1n) is 7.20. The number of likely N-dealkylation sites (N-methyl/N-ethyl adjacent to an activating group) is 1. The quantitative estimate of drug-likeness (QED) is 0.759. The highest BCUT2D eigenvalue weighted by Crippen LogP contribution is 2.14. The summed E-state index contributed by atoms with van der Waals surface area (Å²) >= 11 is 0. The van der Waals surface area contributed by atoms with Crippen LogP contribution in [0.2, 0.25) is 0 Å². The molecule has 1 aromatic carbocycles. The molecule has 0 fully saturated rings. The third-order valence-corrected chi connectivity index (χ3v) is 3.35. The topological polar surface area (TPSA) is 58.4 Å². The Morgan fingerprint density at radius 2 is 1.95 bits per heavy atom. The SMILES string of the molecule is CCN(CC(=O)NCc1ccccc1)CC(C)(C)CN. The molecule has 0 aliphatic rings. The Balaban J connectivity index is 2.40. The first-order valence-corrected chi connectivity index (χ1v) is 7.20. The molecular formula is C16H27N3O. The molecule has 112 valence electrons. The van der Waals surface area contributed by atoms with Crippen molar-refractivity contribution in [2.24, 2.45) is 11.1 Å². The third-order valence-electron chi connectivity index (χ3n) is 3.35. The molecule has 3 N–H and O–H groups in total. The van der Waals surface area contributed by atoms with Gasteiger partial charge >= 0.3 is 0 Å². The number of hydrogen-bond donors (Lipinski definition) is 2. The smallest absolute Gasteiger partial charge is 0.234 e. The van der Waals surface area contributed by atoms with E-state index in [9.17, 15) is 4.79 Å². The van der Waals surface area contributed by atoms with E-state index in [1.165, 1.54) is 0 Å². The molecule has 0 saturated heterocycles. The first-order chi connectivity index (χ1) is 9.46. The van der Waals surface area contributed by atoms with Crippen LogP contribution in [0.25, 0.3) is 0 Å². The standard InChI is InChI=1S/C16H27N3O/c1-4-19(13-16(2,3)12-17)11-15(20)18-10-14-8-6-5-7-9-14/h5-9H,4,10-13,17H2,1-3H3,(H,18,20). The number of benzene rings is 1. The summed E-state index contributed by atoms with van der Waals surface area (Å²) in [6, 6.07) is 9.94. The highest BCUT2D eigenvalue weighted by molar-refractivity contribution is 5.78. The highest BCUT2D eigenvalue weighted by atomic mass is 16.2. The molecule has 0 bridgehead atoms. The molecular weight excluding hydrogens is 250 g/mol. The number of hydrogen-bond acceptors (Lipinski definition) is 3. The van der Waals surface area contributed by atoms with E-state index in [0.717, 1.165) is 18.7 Å². The predicted molar refractivity (Wildman–Crippen MR) is 83.2 cm³/mol. The molecule has 1 rings (SSSR count). The fraction of sp³-hybridized carbons (Fsp3) is 0.562. The van der Waals surface area contributed by atoms with Gasteiger partial charge in [-0.2, -0.15) is 0 Å². The van der Waals surface area contributed by atoms with E-state index in [1.54, 1.807) is 0 Å². The average Bonchev–Trinajstić information content (AvgIpc) is 2.45. The second-order valence-corrected chi connectivity index (χ2v) is 5.93. The zero-order chi connectivity index (χ0) is 15.0. The summed E-state index contributed by atoms with van der Waals surface area (Å²) in [6.45, 7) is 9.62. The summed E-state index contributed by atoms with van der Waals surface area (Å²) in [5, 5.41) is 2.96. The van der Waals surface area contributed by atoms with E-state index in [1.807, 2.05) is 30.3 Å². The monoisotopic (exact) mass is 277 g/mol. The zero-order valence-electron chi connectivity index (χ0n) is 12.9. The van der Waals surface area contributed by atoms with Crippen molar-refractivity contribution < 1.29 is 4.79 Å². The fourth-order valence-corrected chi connectivity index (χ4v) is 2.00. The summed E-state index contributed by atoms with van der Waals surface area (Å²) in [4.78, 5) is 14.1. The number of rotatable bonds is 8. The van der Waals surface area contributed by atoms with Gasteiger partial charge in [-0.1, -0.05) is 51.1 Å². The van der Waals surface area contributed by atoms with Gasteiger partial charge in [0.15, 0.2) is 0 Å². The minimum Gasteiger partial charge on any atom is -0.351 e. The normalized spacial score (nSPS) is 11.7. The Hall–Kier alpha value is -1.39. The van der Waals surface area contributed by atoms with Crippen molar-refractivity contribution in [1.82, 2.24) is 10.2 Å². The molecule has 4 heteroatoms. The summed E-state index contributed by atoms with van der Waals surface area (Å²) < 4.78 is 0. The second-order valence-electron chi connectivity index (χ2n) is 5.93. The second kappa shape index (κ2) is 8.02. The van der Waals surface area contributed by atoms with Crippen LogP contribution in [-0.2, 0) is 11.3 Å². The maximum atomic E-state index is 12.0. The Morgan fingerprint density at radius 1 is 1.30 bits per heavy atom. The lowest BCUT2D eigenvalue weighted by atomic mass is 9.93. The van der Waals surface area contributed by atoms with Gasteiger partial charge in [0.1, 0.15) is 0 Å². The lowest BCUT2D eigenvalue weighted by molar-refractivity contribution is -0.122. The molecule has 0 saturated carbocycles. The maximum absolute atomic E-state index is 12.0. The Morgan fingerprint density at radius 3 is 2.50 bits per heavy atom. The van der Waals surface area contributed by atoms with Gasteiger partial charge in [0.05, 0.1) is 6.54 Å². The number of carbonyl (C=O) groups is 1. The molecule has 0 aliphatic heterocycles. The number of nitrogens with two attached hydrogens (primary N) is 1. The van der Waals surface area contributed by atoms with Crippen LogP contribution in [0, 0.1) is 5.41 Å². The van der Waals surface area contributed by atoms with Crippen molar-refractivity contribution in [3.8, 4) is 0 Å². The fourth-order valence-electron chi connectivity index (χ4n) is 2.00. The van der Waals surface area contributed by atoms with Crippen molar-refractivity contribution >= 4 is 5.91 Å². The van der Waals surface area contributed by atoms with Crippen LogP contribution in [0.5, 0.6) is 0 Å². The van der Waals surface area contributed by atoms with Gasteiger partial charge in [0.2, 0.25) is 5.91 Å². The Labute approximate surface area is 122 Å². The molecule has 0 heterocycles. The lowest BCUT2D eigenvalue weighted by Gasteiger charge is -2.30. The van der Waals surface area contributed by atoms with Gasteiger partial charge in [-0.05, 0) is 24.1 Å². The third kappa shape index (κ3) is 6.17. The molecule has 1 amide bonds. The number of amides is 1. The van der Waals surface area contributed by atoms with E-state index in [-0.39, 0.29) is 11.3 Å². The largest absolute Gasteiger partial charge is 0.351 e.